The number of carbonyl (C=O) groups excluding carboxylic acids is 1. The van der Waals surface area contributed by atoms with Gasteiger partial charge in [-0.05, 0) is 33.9 Å². The van der Waals surface area contributed by atoms with Crippen molar-refractivity contribution in [2.24, 2.45) is 0 Å². The number of likely N-dealkylation sites (N-methyl/N-ethyl adjacent to an activating group) is 1. The van der Waals surface area contributed by atoms with Gasteiger partial charge in [0.25, 0.3) is 0 Å². The average molecular weight is 304 g/mol. The Labute approximate surface area is 108 Å². The lowest BCUT2D eigenvalue weighted by atomic mass is 10.1. The van der Waals surface area contributed by atoms with Crippen molar-refractivity contribution in [3.8, 4) is 0 Å². The first-order valence-corrected chi connectivity index (χ1v) is 7.00. The van der Waals surface area contributed by atoms with Gasteiger partial charge in [-0.3, -0.25) is 9.69 Å². The predicted molar refractivity (Wildman–Crippen MR) is 68.2 cm³/mol. The Morgan fingerprint density at radius 1 is 1.75 bits per heavy atom. The zero-order valence-corrected chi connectivity index (χ0v) is 11.5. The predicted octanol–water partition coefficient (Wildman–Crippen LogP) is 2.41. The molecule has 1 aliphatic heterocycles. The summed E-state index contributed by atoms with van der Waals surface area (Å²) in [5.74, 6) is 0.0972. The standard InChI is InChI=1S/C11H14BrNO2S/c1-2-13-4-5-15-9(7-13)10(14)11-8(12)3-6-16-11/h3,6,9H,2,4-5,7H2,1H3. The van der Waals surface area contributed by atoms with E-state index in [0.717, 1.165) is 22.4 Å². The van der Waals surface area contributed by atoms with Gasteiger partial charge in [0.15, 0.2) is 0 Å². The topological polar surface area (TPSA) is 29.5 Å². The van der Waals surface area contributed by atoms with Crippen LogP contribution in [0.1, 0.15) is 16.6 Å². The lowest BCUT2D eigenvalue weighted by Gasteiger charge is -2.30. The molecule has 0 spiro atoms. The highest BCUT2D eigenvalue weighted by Crippen LogP contribution is 2.25. The van der Waals surface area contributed by atoms with Crippen molar-refractivity contribution < 1.29 is 9.53 Å². The third-order valence-corrected chi connectivity index (χ3v) is 4.58. The SMILES string of the molecule is CCN1CCOC(C(=O)c2sccc2Br)C1. The Bertz CT molecular complexity index is 380. The van der Waals surface area contributed by atoms with Crippen molar-refractivity contribution in [1.82, 2.24) is 4.90 Å². The Morgan fingerprint density at radius 2 is 2.56 bits per heavy atom. The first kappa shape index (κ1) is 12.2. The van der Waals surface area contributed by atoms with Gasteiger partial charge in [0.1, 0.15) is 6.10 Å². The van der Waals surface area contributed by atoms with Crippen molar-refractivity contribution >= 4 is 33.0 Å². The molecule has 1 aliphatic rings. The minimum atomic E-state index is -0.302. The van der Waals surface area contributed by atoms with Crippen LogP contribution in [0.25, 0.3) is 0 Å². The Morgan fingerprint density at radius 3 is 3.19 bits per heavy atom. The quantitative estimate of drug-likeness (QED) is 0.803. The average Bonchev–Trinajstić information content (AvgIpc) is 2.74. The van der Waals surface area contributed by atoms with Gasteiger partial charge < -0.3 is 4.74 Å². The minimum absolute atomic E-state index is 0.0972. The monoisotopic (exact) mass is 303 g/mol. The van der Waals surface area contributed by atoms with Gasteiger partial charge in [0.2, 0.25) is 5.78 Å². The van der Waals surface area contributed by atoms with E-state index in [1.165, 1.54) is 11.3 Å². The fourth-order valence-electron chi connectivity index (χ4n) is 1.76. The van der Waals surface area contributed by atoms with Crippen LogP contribution in [0.4, 0.5) is 0 Å². The molecule has 1 saturated heterocycles. The number of Topliss-reactive ketones (excluding diaryl/α,β-unsaturated/α-hetero) is 1. The number of nitrogens with zero attached hydrogens (tertiary/aromatic N) is 1. The van der Waals surface area contributed by atoms with E-state index in [-0.39, 0.29) is 11.9 Å². The summed E-state index contributed by atoms with van der Waals surface area (Å²) in [5, 5.41) is 1.91. The highest BCUT2D eigenvalue weighted by Gasteiger charge is 2.28. The molecular weight excluding hydrogens is 290 g/mol. The molecule has 0 saturated carbocycles. The molecule has 1 atom stereocenters. The summed E-state index contributed by atoms with van der Waals surface area (Å²) in [5.41, 5.74) is 0. The van der Waals surface area contributed by atoms with E-state index >= 15 is 0 Å². The van der Waals surface area contributed by atoms with Gasteiger partial charge in [-0.1, -0.05) is 6.92 Å². The second-order valence-corrected chi connectivity index (χ2v) is 5.49. The molecular formula is C11H14BrNO2S. The number of hydrogen-bond acceptors (Lipinski definition) is 4. The molecule has 88 valence electrons. The van der Waals surface area contributed by atoms with Crippen LogP contribution in [0, 0.1) is 0 Å². The van der Waals surface area contributed by atoms with Crippen molar-refractivity contribution in [1.29, 1.82) is 0 Å². The number of carbonyl (C=O) groups is 1. The molecule has 2 heterocycles. The maximum absolute atomic E-state index is 12.2. The summed E-state index contributed by atoms with van der Waals surface area (Å²) < 4.78 is 6.42. The first-order chi connectivity index (χ1) is 7.72. The lowest BCUT2D eigenvalue weighted by Crippen LogP contribution is -2.45. The number of morpholine rings is 1. The molecule has 1 aromatic heterocycles. The third kappa shape index (κ3) is 2.53. The zero-order valence-electron chi connectivity index (χ0n) is 9.11. The van der Waals surface area contributed by atoms with Crippen LogP contribution in [0.15, 0.2) is 15.9 Å². The van der Waals surface area contributed by atoms with Gasteiger partial charge in [-0.25, -0.2) is 0 Å². The summed E-state index contributed by atoms with van der Waals surface area (Å²) in [6, 6.07) is 1.90. The van der Waals surface area contributed by atoms with Gasteiger partial charge in [-0.2, -0.15) is 0 Å². The maximum Gasteiger partial charge on any atom is 0.203 e. The van der Waals surface area contributed by atoms with Crippen LogP contribution >= 0.6 is 27.3 Å². The third-order valence-electron chi connectivity index (χ3n) is 2.73. The van der Waals surface area contributed by atoms with Crippen LogP contribution in [0.3, 0.4) is 0 Å². The molecule has 16 heavy (non-hydrogen) atoms. The van der Waals surface area contributed by atoms with Crippen LogP contribution < -0.4 is 0 Å². The van der Waals surface area contributed by atoms with E-state index in [0.29, 0.717) is 13.2 Å². The van der Waals surface area contributed by atoms with Crippen molar-refractivity contribution in [3.05, 3.63) is 20.8 Å². The zero-order chi connectivity index (χ0) is 11.5. The van der Waals surface area contributed by atoms with Crippen molar-refractivity contribution in [3.63, 3.8) is 0 Å². The number of thiophene rings is 1. The maximum atomic E-state index is 12.2. The summed E-state index contributed by atoms with van der Waals surface area (Å²) in [4.78, 5) is 15.2. The van der Waals surface area contributed by atoms with Crippen molar-refractivity contribution in [2.75, 3.05) is 26.2 Å². The van der Waals surface area contributed by atoms with Crippen LogP contribution in [0.2, 0.25) is 0 Å². The van der Waals surface area contributed by atoms with Gasteiger partial charge in [0, 0.05) is 17.6 Å². The second-order valence-electron chi connectivity index (χ2n) is 3.71. The summed E-state index contributed by atoms with van der Waals surface area (Å²) in [6.07, 6.45) is -0.302. The van der Waals surface area contributed by atoms with Gasteiger partial charge in [-0.15, -0.1) is 11.3 Å². The second kappa shape index (κ2) is 5.40. The lowest BCUT2D eigenvalue weighted by molar-refractivity contribution is -0.0146. The molecule has 0 bridgehead atoms. The van der Waals surface area contributed by atoms with E-state index in [1.807, 2.05) is 11.4 Å². The molecule has 5 heteroatoms. The molecule has 0 aliphatic carbocycles. The Kier molecular flexibility index (Phi) is 4.13. The number of ketones is 1. The molecule has 0 aromatic carbocycles. The van der Waals surface area contributed by atoms with E-state index in [9.17, 15) is 4.79 Å². The first-order valence-electron chi connectivity index (χ1n) is 5.33. The fourth-order valence-corrected chi connectivity index (χ4v) is 3.32. The van der Waals surface area contributed by atoms with E-state index < -0.39 is 0 Å². The summed E-state index contributed by atoms with van der Waals surface area (Å²) >= 11 is 4.85. The molecule has 1 fully saturated rings. The number of ether oxygens (including phenoxy) is 1. The van der Waals surface area contributed by atoms with E-state index in [4.69, 9.17) is 4.74 Å². The Balaban J connectivity index is 2.07. The van der Waals surface area contributed by atoms with Gasteiger partial charge >= 0.3 is 0 Å². The van der Waals surface area contributed by atoms with Crippen LogP contribution in [-0.2, 0) is 4.74 Å². The summed E-state index contributed by atoms with van der Waals surface area (Å²) in [6.45, 7) is 5.35. The fraction of sp³-hybridized carbons (Fsp3) is 0.545. The van der Waals surface area contributed by atoms with Crippen LogP contribution in [-0.4, -0.2) is 43.0 Å². The number of rotatable bonds is 3. The normalized spacial score (nSPS) is 22.2. The highest BCUT2D eigenvalue weighted by atomic mass is 79.9. The molecule has 0 amide bonds. The van der Waals surface area contributed by atoms with E-state index in [1.54, 1.807) is 0 Å². The van der Waals surface area contributed by atoms with Gasteiger partial charge in [0.05, 0.1) is 11.5 Å². The molecule has 1 aromatic rings. The molecule has 0 N–H and O–H groups in total. The van der Waals surface area contributed by atoms with Crippen molar-refractivity contribution in [2.45, 2.75) is 13.0 Å². The smallest absolute Gasteiger partial charge is 0.203 e. The highest BCUT2D eigenvalue weighted by molar-refractivity contribution is 9.10. The van der Waals surface area contributed by atoms with Crippen LogP contribution in [0.5, 0.6) is 0 Å². The Hall–Kier alpha value is -0.230. The molecule has 2 rings (SSSR count). The summed E-state index contributed by atoms with van der Waals surface area (Å²) in [7, 11) is 0. The number of hydrogen-bond donors (Lipinski definition) is 0. The molecule has 0 radical (unpaired) electrons. The molecule has 3 nitrogen and oxygen atoms in total. The largest absolute Gasteiger partial charge is 0.367 e. The molecule has 1 unspecified atom stereocenters. The minimum Gasteiger partial charge on any atom is -0.367 e. The van der Waals surface area contributed by atoms with E-state index in [2.05, 4.69) is 27.8 Å². The number of halogens is 1.